The Morgan fingerprint density at radius 2 is 1.54 bits per heavy atom. The number of ether oxygens (including phenoxy) is 2. The predicted octanol–water partition coefficient (Wildman–Crippen LogP) is 1.72. The fraction of sp³-hybridized carbons (Fsp3) is 0.556. The molecular formula is C18H26N2O4. The van der Waals surface area contributed by atoms with Gasteiger partial charge in [-0.15, -0.1) is 0 Å². The Morgan fingerprint density at radius 3 is 2.08 bits per heavy atom. The van der Waals surface area contributed by atoms with E-state index in [1.165, 1.54) is 0 Å². The third-order valence-electron chi connectivity index (χ3n) is 4.36. The zero-order chi connectivity index (χ0) is 17.5. The number of hydrogen-bond donors (Lipinski definition) is 0. The van der Waals surface area contributed by atoms with Crippen molar-refractivity contribution >= 4 is 11.8 Å². The van der Waals surface area contributed by atoms with Crippen LogP contribution in [0.3, 0.4) is 0 Å². The summed E-state index contributed by atoms with van der Waals surface area (Å²) in [6.07, 6.45) is 1.64. The maximum Gasteiger partial charge on any atom is 0.223 e. The smallest absolute Gasteiger partial charge is 0.223 e. The zero-order valence-corrected chi connectivity index (χ0v) is 14.7. The molecule has 1 aliphatic rings. The van der Waals surface area contributed by atoms with Crippen molar-refractivity contribution in [2.75, 3.05) is 40.4 Å². The van der Waals surface area contributed by atoms with E-state index >= 15 is 0 Å². The number of carbonyl (C=O) groups is 2. The summed E-state index contributed by atoms with van der Waals surface area (Å²) in [6.45, 7) is 4.37. The van der Waals surface area contributed by atoms with Gasteiger partial charge in [-0.1, -0.05) is 13.0 Å². The Labute approximate surface area is 143 Å². The van der Waals surface area contributed by atoms with Gasteiger partial charge in [0.15, 0.2) is 11.5 Å². The van der Waals surface area contributed by atoms with E-state index in [1.807, 2.05) is 34.9 Å². The van der Waals surface area contributed by atoms with E-state index in [4.69, 9.17) is 9.47 Å². The van der Waals surface area contributed by atoms with Crippen molar-refractivity contribution in [1.29, 1.82) is 0 Å². The van der Waals surface area contributed by atoms with Crippen molar-refractivity contribution in [3.8, 4) is 11.5 Å². The van der Waals surface area contributed by atoms with Gasteiger partial charge in [-0.05, 0) is 24.1 Å². The second-order valence-electron chi connectivity index (χ2n) is 5.80. The van der Waals surface area contributed by atoms with E-state index in [-0.39, 0.29) is 11.8 Å². The van der Waals surface area contributed by atoms with Gasteiger partial charge in [0.25, 0.3) is 0 Å². The molecular weight excluding hydrogens is 308 g/mol. The molecule has 1 heterocycles. The van der Waals surface area contributed by atoms with Crippen LogP contribution >= 0.6 is 0 Å². The third-order valence-corrected chi connectivity index (χ3v) is 4.36. The van der Waals surface area contributed by atoms with Gasteiger partial charge in [-0.25, -0.2) is 0 Å². The summed E-state index contributed by atoms with van der Waals surface area (Å²) in [5, 5.41) is 0. The molecule has 0 N–H and O–H groups in total. The maximum atomic E-state index is 12.4. The molecule has 0 saturated carbocycles. The van der Waals surface area contributed by atoms with E-state index in [0.29, 0.717) is 56.9 Å². The second-order valence-corrected chi connectivity index (χ2v) is 5.80. The summed E-state index contributed by atoms with van der Waals surface area (Å²) >= 11 is 0. The van der Waals surface area contributed by atoms with Crippen LogP contribution in [0.5, 0.6) is 11.5 Å². The standard InChI is InChI=1S/C18H26N2O4/c1-4-17(21)19-9-11-20(12-10-19)18(22)8-6-14-5-7-15(23-2)16(13-14)24-3/h5,7,13H,4,6,8-12H2,1-3H3. The lowest BCUT2D eigenvalue weighted by Gasteiger charge is -2.34. The fourth-order valence-corrected chi connectivity index (χ4v) is 2.87. The molecule has 0 spiro atoms. The van der Waals surface area contributed by atoms with Gasteiger partial charge in [0.1, 0.15) is 0 Å². The maximum absolute atomic E-state index is 12.4. The minimum absolute atomic E-state index is 0.133. The number of carbonyl (C=O) groups excluding carboxylic acids is 2. The van der Waals surface area contributed by atoms with Gasteiger partial charge in [0.05, 0.1) is 14.2 Å². The number of hydrogen-bond acceptors (Lipinski definition) is 4. The van der Waals surface area contributed by atoms with Crippen LogP contribution in [0.25, 0.3) is 0 Å². The Hall–Kier alpha value is -2.24. The molecule has 1 aromatic carbocycles. The van der Waals surface area contributed by atoms with Crippen LogP contribution < -0.4 is 9.47 Å². The monoisotopic (exact) mass is 334 g/mol. The quantitative estimate of drug-likeness (QED) is 0.795. The lowest BCUT2D eigenvalue weighted by molar-refractivity contribution is -0.139. The topological polar surface area (TPSA) is 59.1 Å². The number of methoxy groups -OCH3 is 2. The van der Waals surface area contributed by atoms with Gasteiger partial charge >= 0.3 is 0 Å². The van der Waals surface area contributed by atoms with Crippen LogP contribution in [0, 0.1) is 0 Å². The molecule has 6 nitrogen and oxygen atoms in total. The van der Waals surface area contributed by atoms with Crippen LogP contribution in [-0.4, -0.2) is 62.0 Å². The third kappa shape index (κ3) is 4.40. The molecule has 1 saturated heterocycles. The first kappa shape index (κ1) is 18.1. The molecule has 0 radical (unpaired) electrons. The van der Waals surface area contributed by atoms with Crippen molar-refractivity contribution < 1.29 is 19.1 Å². The summed E-state index contributed by atoms with van der Waals surface area (Å²) < 4.78 is 10.5. The van der Waals surface area contributed by atoms with Crippen LogP contribution in [0.4, 0.5) is 0 Å². The van der Waals surface area contributed by atoms with Crippen molar-refractivity contribution in [3.63, 3.8) is 0 Å². The van der Waals surface area contributed by atoms with Gasteiger partial charge in [0.2, 0.25) is 11.8 Å². The van der Waals surface area contributed by atoms with Gasteiger partial charge in [0, 0.05) is 39.0 Å². The number of amides is 2. The summed E-state index contributed by atoms with van der Waals surface area (Å²) in [4.78, 5) is 27.7. The van der Waals surface area contributed by atoms with E-state index < -0.39 is 0 Å². The summed E-state index contributed by atoms with van der Waals surface area (Å²) in [6, 6.07) is 5.71. The fourth-order valence-electron chi connectivity index (χ4n) is 2.87. The molecule has 1 aliphatic heterocycles. The van der Waals surface area contributed by atoms with Gasteiger partial charge in [-0.2, -0.15) is 0 Å². The lowest BCUT2D eigenvalue weighted by Crippen LogP contribution is -2.50. The number of benzene rings is 1. The molecule has 24 heavy (non-hydrogen) atoms. The lowest BCUT2D eigenvalue weighted by atomic mass is 10.1. The average Bonchev–Trinajstić information content (AvgIpc) is 2.65. The van der Waals surface area contributed by atoms with E-state index in [9.17, 15) is 9.59 Å². The van der Waals surface area contributed by atoms with Crippen molar-refractivity contribution in [2.24, 2.45) is 0 Å². The van der Waals surface area contributed by atoms with Crippen LogP contribution in [0.1, 0.15) is 25.3 Å². The Balaban J connectivity index is 1.84. The molecule has 2 amide bonds. The predicted molar refractivity (Wildman–Crippen MR) is 91.3 cm³/mol. The van der Waals surface area contributed by atoms with Crippen molar-refractivity contribution in [3.05, 3.63) is 23.8 Å². The Morgan fingerprint density at radius 1 is 0.958 bits per heavy atom. The van der Waals surface area contributed by atoms with Gasteiger partial charge in [-0.3, -0.25) is 9.59 Å². The molecule has 0 aliphatic carbocycles. The van der Waals surface area contributed by atoms with Crippen LogP contribution in [-0.2, 0) is 16.0 Å². The highest BCUT2D eigenvalue weighted by atomic mass is 16.5. The van der Waals surface area contributed by atoms with Crippen molar-refractivity contribution in [1.82, 2.24) is 9.80 Å². The Bertz CT molecular complexity index is 580. The molecule has 0 unspecified atom stereocenters. The number of rotatable bonds is 6. The molecule has 132 valence electrons. The minimum Gasteiger partial charge on any atom is -0.493 e. The number of nitrogens with zero attached hydrogens (tertiary/aromatic N) is 2. The highest BCUT2D eigenvalue weighted by molar-refractivity contribution is 5.78. The summed E-state index contributed by atoms with van der Waals surface area (Å²) in [5.74, 6) is 1.65. The summed E-state index contributed by atoms with van der Waals surface area (Å²) in [5.41, 5.74) is 1.04. The molecule has 0 bridgehead atoms. The molecule has 6 heteroatoms. The van der Waals surface area contributed by atoms with Crippen LogP contribution in [0.2, 0.25) is 0 Å². The molecule has 0 atom stereocenters. The first-order valence-electron chi connectivity index (χ1n) is 8.35. The second kappa shape index (κ2) is 8.57. The van der Waals surface area contributed by atoms with E-state index in [1.54, 1.807) is 14.2 Å². The first-order chi connectivity index (χ1) is 11.6. The van der Waals surface area contributed by atoms with Crippen molar-refractivity contribution in [2.45, 2.75) is 26.2 Å². The normalized spacial score (nSPS) is 14.5. The molecule has 2 rings (SSSR count). The molecule has 1 fully saturated rings. The highest BCUT2D eigenvalue weighted by Crippen LogP contribution is 2.28. The molecule has 0 aromatic heterocycles. The number of aryl methyl sites for hydroxylation is 1. The minimum atomic E-state index is 0.133. The SMILES string of the molecule is CCC(=O)N1CCN(C(=O)CCc2ccc(OC)c(OC)c2)CC1. The Kier molecular flexibility index (Phi) is 6.46. The largest absolute Gasteiger partial charge is 0.493 e. The first-order valence-corrected chi connectivity index (χ1v) is 8.35. The zero-order valence-electron chi connectivity index (χ0n) is 14.7. The van der Waals surface area contributed by atoms with Gasteiger partial charge < -0.3 is 19.3 Å². The molecule has 1 aromatic rings. The van der Waals surface area contributed by atoms with Crippen LogP contribution in [0.15, 0.2) is 18.2 Å². The summed E-state index contributed by atoms with van der Waals surface area (Å²) in [7, 11) is 3.20. The van der Waals surface area contributed by atoms with E-state index in [2.05, 4.69) is 0 Å². The van der Waals surface area contributed by atoms with E-state index in [0.717, 1.165) is 5.56 Å². The highest BCUT2D eigenvalue weighted by Gasteiger charge is 2.23. The average molecular weight is 334 g/mol. The number of piperazine rings is 1.